The van der Waals surface area contributed by atoms with Gasteiger partial charge in [-0.2, -0.15) is 0 Å². The molecule has 120 valence electrons. The van der Waals surface area contributed by atoms with Gasteiger partial charge in [0.1, 0.15) is 0 Å². The summed E-state index contributed by atoms with van der Waals surface area (Å²) < 4.78 is 17.0. The largest absolute Gasteiger partial charge is 0.493 e. The van der Waals surface area contributed by atoms with E-state index in [1.807, 2.05) is 12.1 Å². The zero-order valence-corrected chi connectivity index (χ0v) is 13.9. The standard InChI is InChI=1S/C17H29NO3/c1-6-8-12(3)21-17-15(19-4)10-13(9-14(18)7-2)11-16(17)20-5/h10-12,14H,6-9,18H2,1-5H3. The Morgan fingerprint density at radius 2 is 1.67 bits per heavy atom. The average molecular weight is 295 g/mol. The maximum Gasteiger partial charge on any atom is 0.203 e. The van der Waals surface area contributed by atoms with Gasteiger partial charge in [0.15, 0.2) is 11.5 Å². The van der Waals surface area contributed by atoms with Gasteiger partial charge in [-0.25, -0.2) is 0 Å². The van der Waals surface area contributed by atoms with Gasteiger partial charge in [-0.05, 0) is 43.9 Å². The predicted molar refractivity (Wildman–Crippen MR) is 86.5 cm³/mol. The van der Waals surface area contributed by atoms with Crippen LogP contribution in [0.4, 0.5) is 0 Å². The smallest absolute Gasteiger partial charge is 0.203 e. The minimum Gasteiger partial charge on any atom is -0.493 e. The first-order valence-corrected chi connectivity index (χ1v) is 7.72. The number of hydrogen-bond acceptors (Lipinski definition) is 4. The number of hydrogen-bond donors (Lipinski definition) is 1. The van der Waals surface area contributed by atoms with E-state index in [0.29, 0.717) is 17.2 Å². The van der Waals surface area contributed by atoms with E-state index in [4.69, 9.17) is 19.9 Å². The molecule has 0 spiro atoms. The van der Waals surface area contributed by atoms with Gasteiger partial charge < -0.3 is 19.9 Å². The highest BCUT2D eigenvalue weighted by atomic mass is 16.5. The molecule has 1 aromatic carbocycles. The third-order valence-corrected chi connectivity index (χ3v) is 3.56. The van der Waals surface area contributed by atoms with Crippen molar-refractivity contribution in [3.63, 3.8) is 0 Å². The van der Waals surface area contributed by atoms with Gasteiger partial charge in [-0.1, -0.05) is 20.3 Å². The van der Waals surface area contributed by atoms with E-state index in [9.17, 15) is 0 Å². The lowest BCUT2D eigenvalue weighted by molar-refractivity contribution is 0.191. The van der Waals surface area contributed by atoms with Gasteiger partial charge in [0, 0.05) is 6.04 Å². The highest BCUT2D eigenvalue weighted by molar-refractivity contribution is 5.54. The molecule has 2 N–H and O–H groups in total. The van der Waals surface area contributed by atoms with Gasteiger partial charge in [-0.3, -0.25) is 0 Å². The molecule has 0 amide bonds. The Hall–Kier alpha value is -1.42. The highest BCUT2D eigenvalue weighted by Gasteiger charge is 2.17. The summed E-state index contributed by atoms with van der Waals surface area (Å²) in [6.45, 7) is 6.29. The Morgan fingerprint density at radius 3 is 2.10 bits per heavy atom. The Kier molecular flexibility index (Phi) is 7.37. The van der Waals surface area contributed by atoms with Crippen LogP contribution in [0.15, 0.2) is 12.1 Å². The van der Waals surface area contributed by atoms with Gasteiger partial charge in [0.05, 0.1) is 20.3 Å². The molecule has 1 rings (SSSR count). The molecule has 0 aliphatic heterocycles. The quantitative estimate of drug-likeness (QED) is 0.757. The summed E-state index contributed by atoms with van der Waals surface area (Å²) in [7, 11) is 3.30. The van der Waals surface area contributed by atoms with E-state index < -0.39 is 0 Å². The summed E-state index contributed by atoms with van der Waals surface area (Å²) in [6, 6.07) is 4.13. The SMILES string of the molecule is CCCC(C)Oc1c(OC)cc(CC(N)CC)cc1OC. The van der Waals surface area contributed by atoms with E-state index in [2.05, 4.69) is 20.8 Å². The van der Waals surface area contributed by atoms with Gasteiger partial charge >= 0.3 is 0 Å². The van der Waals surface area contributed by atoms with Crippen molar-refractivity contribution in [1.82, 2.24) is 0 Å². The van der Waals surface area contributed by atoms with E-state index in [1.165, 1.54) is 0 Å². The minimum atomic E-state index is 0.126. The van der Waals surface area contributed by atoms with Crippen molar-refractivity contribution < 1.29 is 14.2 Å². The van der Waals surface area contributed by atoms with Gasteiger partial charge in [0.25, 0.3) is 0 Å². The number of benzene rings is 1. The van der Waals surface area contributed by atoms with Gasteiger partial charge in [0.2, 0.25) is 5.75 Å². The minimum absolute atomic E-state index is 0.126. The third kappa shape index (κ3) is 5.12. The molecule has 0 fully saturated rings. The molecule has 0 radical (unpaired) electrons. The zero-order valence-electron chi connectivity index (χ0n) is 13.9. The molecule has 0 saturated heterocycles. The summed E-state index contributed by atoms with van der Waals surface area (Å²) in [6.07, 6.45) is 3.94. The van der Waals surface area contributed by atoms with E-state index in [0.717, 1.165) is 31.2 Å². The normalized spacial score (nSPS) is 13.6. The average Bonchev–Trinajstić information content (AvgIpc) is 2.48. The molecule has 0 aliphatic rings. The van der Waals surface area contributed by atoms with Crippen LogP contribution < -0.4 is 19.9 Å². The molecule has 0 bridgehead atoms. The summed E-state index contributed by atoms with van der Waals surface area (Å²) in [5, 5.41) is 0. The fourth-order valence-electron chi connectivity index (χ4n) is 2.28. The Labute approximate surface area is 128 Å². The molecule has 0 aliphatic carbocycles. The summed E-state index contributed by atoms with van der Waals surface area (Å²) in [5.74, 6) is 2.08. The molecule has 2 unspecified atom stereocenters. The number of nitrogens with two attached hydrogens (primary N) is 1. The summed E-state index contributed by atoms with van der Waals surface area (Å²) in [5.41, 5.74) is 7.14. The second-order valence-electron chi connectivity index (χ2n) is 5.42. The second-order valence-corrected chi connectivity index (χ2v) is 5.42. The first-order chi connectivity index (χ1) is 10.0. The lowest BCUT2D eigenvalue weighted by atomic mass is 10.0. The molecular formula is C17H29NO3. The van der Waals surface area contributed by atoms with E-state index in [-0.39, 0.29) is 12.1 Å². The lowest BCUT2D eigenvalue weighted by Gasteiger charge is -2.20. The van der Waals surface area contributed by atoms with Crippen LogP contribution in [0.1, 0.15) is 45.6 Å². The molecule has 1 aromatic rings. The number of methoxy groups -OCH3 is 2. The molecule has 0 aromatic heterocycles. The fourth-order valence-corrected chi connectivity index (χ4v) is 2.28. The Bertz CT molecular complexity index is 409. The van der Waals surface area contributed by atoms with Crippen molar-refractivity contribution in [2.45, 2.75) is 58.6 Å². The molecule has 2 atom stereocenters. The van der Waals surface area contributed by atoms with Crippen molar-refractivity contribution in [1.29, 1.82) is 0 Å². The van der Waals surface area contributed by atoms with Crippen LogP contribution in [0.25, 0.3) is 0 Å². The van der Waals surface area contributed by atoms with Crippen molar-refractivity contribution >= 4 is 0 Å². The summed E-state index contributed by atoms with van der Waals surface area (Å²) in [4.78, 5) is 0. The molecule has 0 saturated carbocycles. The van der Waals surface area contributed by atoms with Crippen LogP contribution in [-0.4, -0.2) is 26.4 Å². The van der Waals surface area contributed by atoms with Crippen LogP contribution >= 0.6 is 0 Å². The topological polar surface area (TPSA) is 53.7 Å². The van der Waals surface area contributed by atoms with Crippen molar-refractivity contribution in [3.8, 4) is 17.2 Å². The van der Waals surface area contributed by atoms with Crippen molar-refractivity contribution in [3.05, 3.63) is 17.7 Å². The van der Waals surface area contributed by atoms with Crippen molar-refractivity contribution in [2.75, 3.05) is 14.2 Å². The first kappa shape index (κ1) is 17.6. The maximum absolute atomic E-state index is 6.03. The molecule has 0 heterocycles. The Morgan fingerprint density at radius 1 is 1.10 bits per heavy atom. The van der Waals surface area contributed by atoms with Crippen LogP contribution in [-0.2, 0) is 6.42 Å². The van der Waals surface area contributed by atoms with Crippen LogP contribution in [0.2, 0.25) is 0 Å². The molecular weight excluding hydrogens is 266 g/mol. The molecule has 21 heavy (non-hydrogen) atoms. The molecule has 4 heteroatoms. The van der Waals surface area contributed by atoms with Crippen LogP contribution in [0.3, 0.4) is 0 Å². The lowest BCUT2D eigenvalue weighted by Crippen LogP contribution is -2.21. The summed E-state index contributed by atoms with van der Waals surface area (Å²) >= 11 is 0. The zero-order chi connectivity index (χ0) is 15.8. The monoisotopic (exact) mass is 295 g/mol. The van der Waals surface area contributed by atoms with Gasteiger partial charge in [-0.15, -0.1) is 0 Å². The predicted octanol–water partition coefficient (Wildman–Crippen LogP) is 3.55. The van der Waals surface area contributed by atoms with Crippen LogP contribution in [0.5, 0.6) is 17.2 Å². The van der Waals surface area contributed by atoms with E-state index >= 15 is 0 Å². The fraction of sp³-hybridized carbons (Fsp3) is 0.647. The second kappa shape index (κ2) is 8.78. The first-order valence-electron chi connectivity index (χ1n) is 7.72. The van der Waals surface area contributed by atoms with Crippen molar-refractivity contribution in [2.24, 2.45) is 5.73 Å². The molecule has 4 nitrogen and oxygen atoms in total. The van der Waals surface area contributed by atoms with Crippen LogP contribution in [0, 0.1) is 0 Å². The Balaban J connectivity index is 3.06. The number of ether oxygens (including phenoxy) is 3. The maximum atomic E-state index is 6.03. The third-order valence-electron chi connectivity index (χ3n) is 3.56. The van der Waals surface area contributed by atoms with E-state index in [1.54, 1.807) is 14.2 Å². The highest BCUT2D eigenvalue weighted by Crippen LogP contribution is 2.39. The number of rotatable bonds is 9.